The fraction of sp³-hybridized carbons (Fsp3) is 0.136. The Bertz CT molecular complexity index is 1000. The van der Waals surface area contributed by atoms with E-state index < -0.39 is 5.60 Å². The Kier molecular flexibility index (Phi) is 4.27. The third kappa shape index (κ3) is 2.61. The molecule has 26 heavy (non-hydrogen) atoms. The number of imidazole rings is 1. The number of hydrogen-bond acceptors (Lipinski definition) is 2. The van der Waals surface area contributed by atoms with Crippen LogP contribution in [0.4, 0.5) is 0 Å². The van der Waals surface area contributed by atoms with Crippen molar-refractivity contribution in [3.8, 4) is 0 Å². The van der Waals surface area contributed by atoms with Gasteiger partial charge in [0.1, 0.15) is 0 Å². The number of hydrogen-bond donors (Lipinski definition) is 1. The van der Waals surface area contributed by atoms with E-state index in [0.29, 0.717) is 17.4 Å². The molecule has 0 fully saturated rings. The van der Waals surface area contributed by atoms with Gasteiger partial charge in [0.05, 0.1) is 11.0 Å². The van der Waals surface area contributed by atoms with Crippen molar-refractivity contribution in [1.29, 1.82) is 0 Å². The van der Waals surface area contributed by atoms with Crippen LogP contribution in [0.15, 0.2) is 78.9 Å². The van der Waals surface area contributed by atoms with Crippen molar-refractivity contribution in [3.63, 3.8) is 0 Å². The zero-order valence-electron chi connectivity index (χ0n) is 14.4. The minimum Gasteiger partial charge on any atom is -0.373 e. The van der Waals surface area contributed by atoms with E-state index in [0.717, 1.165) is 22.2 Å². The summed E-state index contributed by atoms with van der Waals surface area (Å²) in [5, 5.41) is 12.6. The average Bonchev–Trinajstić information content (AvgIpc) is 3.06. The summed E-state index contributed by atoms with van der Waals surface area (Å²) in [5.41, 5.74) is 1.94. The second-order valence-electron chi connectivity index (χ2n) is 6.26. The first-order valence-electron chi connectivity index (χ1n) is 8.64. The highest BCUT2D eigenvalue weighted by molar-refractivity contribution is 6.31. The van der Waals surface area contributed by atoms with Crippen LogP contribution in [0.1, 0.15) is 23.9 Å². The van der Waals surface area contributed by atoms with Gasteiger partial charge in [-0.2, -0.15) is 0 Å². The normalized spacial score (nSPS) is 11.8. The van der Waals surface area contributed by atoms with Gasteiger partial charge in [-0.15, -0.1) is 0 Å². The number of fused-ring (bicyclic) bond motifs is 1. The summed E-state index contributed by atoms with van der Waals surface area (Å²) >= 11 is 6.20. The van der Waals surface area contributed by atoms with Crippen LogP contribution >= 0.6 is 11.6 Å². The van der Waals surface area contributed by atoms with Crippen molar-refractivity contribution < 1.29 is 5.11 Å². The van der Waals surface area contributed by atoms with Crippen molar-refractivity contribution in [2.24, 2.45) is 0 Å². The molecule has 0 saturated heterocycles. The summed E-state index contributed by atoms with van der Waals surface area (Å²) in [6.07, 6.45) is 0. The maximum atomic E-state index is 12.0. The lowest BCUT2D eigenvalue weighted by Gasteiger charge is -2.29. The van der Waals surface area contributed by atoms with Gasteiger partial charge in [0.15, 0.2) is 11.4 Å². The summed E-state index contributed by atoms with van der Waals surface area (Å²) in [6.45, 7) is 2.72. The molecule has 0 aliphatic rings. The maximum absolute atomic E-state index is 12.0. The van der Waals surface area contributed by atoms with Gasteiger partial charge in [-0.05, 0) is 36.2 Å². The summed E-state index contributed by atoms with van der Waals surface area (Å²) in [6, 6.07) is 24.9. The Labute approximate surface area is 157 Å². The number of aliphatic hydroxyl groups is 1. The molecule has 4 heteroatoms. The van der Waals surface area contributed by atoms with Gasteiger partial charge in [0.25, 0.3) is 0 Å². The highest BCUT2D eigenvalue weighted by atomic mass is 35.5. The summed E-state index contributed by atoms with van der Waals surface area (Å²) in [4.78, 5) is 4.80. The zero-order chi connectivity index (χ0) is 18.1. The topological polar surface area (TPSA) is 38.0 Å². The summed E-state index contributed by atoms with van der Waals surface area (Å²) < 4.78 is 2.03. The molecule has 130 valence electrons. The summed E-state index contributed by atoms with van der Waals surface area (Å²) in [7, 11) is 0. The number of nitrogens with zero attached hydrogens (tertiary/aromatic N) is 2. The monoisotopic (exact) mass is 362 g/mol. The van der Waals surface area contributed by atoms with E-state index in [2.05, 4.69) is 0 Å². The number of rotatable bonds is 4. The predicted octanol–water partition coefficient (Wildman–Crippen LogP) is 4.99. The number of benzene rings is 3. The Hall–Kier alpha value is -2.62. The Morgan fingerprint density at radius 3 is 2.04 bits per heavy atom. The van der Waals surface area contributed by atoms with Gasteiger partial charge < -0.3 is 9.67 Å². The molecular weight excluding hydrogens is 344 g/mol. The zero-order valence-corrected chi connectivity index (χ0v) is 15.2. The van der Waals surface area contributed by atoms with E-state index in [1.165, 1.54) is 0 Å². The number of halogens is 1. The van der Waals surface area contributed by atoms with Gasteiger partial charge in [0.2, 0.25) is 0 Å². The number of aryl methyl sites for hydroxylation is 1. The molecule has 3 nitrogen and oxygen atoms in total. The van der Waals surface area contributed by atoms with E-state index in [-0.39, 0.29) is 0 Å². The first kappa shape index (κ1) is 16.8. The molecule has 3 aromatic carbocycles. The van der Waals surface area contributed by atoms with Crippen LogP contribution in [-0.2, 0) is 12.1 Å². The standard InChI is InChI=1S/C22H19ClN2O/c1-2-25-20-15-18(23)13-14-19(20)24-21(25)22(26,16-9-5-3-6-10-16)17-11-7-4-8-12-17/h3-15,26H,2H2,1H3. The molecule has 0 unspecified atom stereocenters. The lowest BCUT2D eigenvalue weighted by atomic mass is 9.85. The van der Waals surface area contributed by atoms with Gasteiger partial charge in [-0.1, -0.05) is 72.3 Å². The molecule has 0 amide bonds. The van der Waals surface area contributed by atoms with Crippen LogP contribution < -0.4 is 0 Å². The molecule has 4 aromatic rings. The molecule has 0 saturated carbocycles. The average molecular weight is 363 g/mol. The Morgan fingerprint density at radius 1 is 0.923 bits per heavy atom. The smallest absolute Gasteiger partial charge is 0.173 e. The molecular formula is C22H19ClN2O. The van der Waals surface area contributed by atoms with Gasteiger partial charge >= 0.3 is 0 Å². The summed E-state index contributed by atoms with van der Waals surface area (Å²) in [5.74, 6) is 0.592. The molecule has 0 spiro atoms. The SMILES string of the molecule is CCn1c(C(O)(c2ccccc2)c2ccccc2)nc2ccc(Cl)cc21. The minimum atomic E-state index is -1.36. The molecule has 1 aromatic heterocycles. The third-order valence-corrected chi connectivity index (χ3v) is 4.97. The fourth-order valence-electron chi connectivity index (χ4n) is 3.48. The van der Waals surface area contributed by atoms with E-state index in [4.69, 9.17) is 16.6 Å². The molecule has 1 heterocycles. The van der Waals surface area contributed by atoms with Gasteiger partial charge in [0, 0.05) is 11.6 Å². The highest BCUT2D eigenvalue weighted by Gasteiger charge is 2.38. The molecule has 4 rings (SSSR count). The van der Waals surface area contributed by atoms with Crippen LogP contribution in [0, 0.1) is 0 Å². The maximum Gasteiger partial charge on any atom is 0.173 e. The van der Waals surface area contributed by atoms with Crippen molar-refractivity contribution in [2.45, 2.75) is 19.1 Å². The number of aromatic nitrogens is 2. The Morgan fingerprint density at radius 2 is 1.50 bits per heavy atom. The first-order valence-corrected chi connectivity index (χ1v) is 9.02. The van der Waals surface area contributed by atoms with Gasteiger partial charge in [-0.25, -0.2) is 4.98 Å². The quantitative estimate of drug-likeness (QED) is 0.555. The van der Waals surface area contributed by atoms with Gasteiger partial charge in [-0.3, -0.25) is 0 Å². The van der Waals surface area contributed by atoms with Crippen LogP contribution in [0.25, 0.3) is 11.0 Å². The second kappa shape index (κ2) is 6.60. The molecule has 0 aliphatic heterocycles. The molecule has 0 aliphatic carbocycles. The molecule has 0 atom stereocenters. The Balaban J connectivity index is 2.06. The van der Waals surface area contributed by atoms with Crippen LogP contribution in [0.3, 0.4) is 0 Å². The van der Waals surface area contributed by atoms with Crippen molar-refractivity contribution in [2.75, 3.05) is 0 Å². The van der Waals surface area contributed by atoms with Crippen LogP contribution in [-0.4, -0.2) is 14.7 Å². The second-order valence-corrected chi connectivity index (χ2v) is 6.69. The van der Waals surface area contributed by atoms with Crippen molar-refractivity contribution in [1.82, 2.24) is 9.55 Å². The van der Waals surface area contributed by atoms with Crippen LogP contribution in [0.2, 0.25) is 5.02 Å². The fourth-order valence-corrected chi connectivity index (χ4v) is 3.64. The van der Waals surface area contributed by atoms with E-state index in [1.807, 2.05) is 90.4 Å². The molecule has 0 bridgehead atoms. The largest absolute Gasteiger partial charge is 0.373 e. The van der Waals surface area contributed by atoms with E-state index >= 15 is 0 Å². The van der Waals surface area contributed by atoms with Crippen molar-refractivity contribution >= 4 is 22.6 Å². The highest BCUT2D eigenvalue weighted by Crippen LogP contribution is 2.37. The lowest BCUT2D eigenvalue weighted by molar-refractivity contribution is 0.112. The first-order chi connectivity index (χ1) is 12.6. The predicted molar refractivity (Wildman–Crippen MR) is 105 cm³/mol. The van der Waals surface area contributed by atoms with Crippen LogP contribution in [0.5, 0.6) is 0 Å². The van der Waals surface area contributed by atoms with E-state index in [9.17, 15) is 5.11 Å². The third-order valence-electron chi connectivity index (χ3n) is 4.73. The van der Waals surface area contributed by atoms with E-state index in [1.54, 1.807) is 0 Å². The molecule has 0 radical (unpaired) electrons. The lowest BCUT2D eigenvalue weighted by Crippen LogP contribution is -2.32. The van der Waals surface area contributed by atoms with Crippen molar-refractivity contribution in [3.05, 3.63) is 101 Å². The molecule has 1 N–H and O–H groups in total. The minimum absolute atomic E-state index is 0.592.